The zero-order valence-corrected chi connectivity index (χ0v) is 25.1. The molecule has 0 N–H and O–H groups in total. The third kappa shape index (κ3) is 18.3. The number of carbonyl (C=O) groups is 1. The number of hydrogen-bond donors (Lipinski definition) is 0. The van der Waals surface area contributed by atoms with Crippen molar-refractivity contribution in [3.05, 3.63) is 29.8 Å². The first-order chi connectivity index (χ1) is 18.7. The minimum absolute atomic E-state index is 0.379. The molecule has 0 saturated heterocycles. The van der Waals surface area contributed by atoms with Crippen LogP contribution in [0.4, 0.5) is 0 Å². The average Bonchev–Trinajstić information content (AvgIpc) is 2.93. The number of benzene rings is 1. The number of esters is 1. The van der Waals surface area contributed by atoms with Gasteiger partial charge in [-0.15, -0.1) is 0 Å². The van der Waals surface area contributed by atoms with Crippen LogP contribution in [0.5, 0.6) is 11.5 Å². The van der Waals surface area contributed by atoms with Gasteiger partial charge in [0.25, 0.3) is 0 Å². The van der Waals surface area contributed by atoms with Gasteiger partial charge in [0, 0.05) is 6.08 Å². The summed E-state index contributed by atoms with van der Waals surface area (Å²) >= 11 is 0. The van der Waals surface area contributed by atoms with Crippen LogP contribution < -0.4 is 9.47 Å². The molecule has 0 bridgehead atoms. The van der Waals surface area contributed by atoms with E-state index >= 15 is 0 Å². The quantitative estimate of drug-likeness (QED) is 0.0679. The predicted octanol–water partition coefficient (Wildman–Crippen LogP) is 10.5. The molecule has 0 heterocycles. The van der Waals surface area contributed by atoms with Gasteiger partial charge in [0.1, 0.15) is 11.5 Å². The van der Waals surface area contributed by atoms with Gasteiger partial charge in [-0.2, -0.15) is 0 Å². The lowest BCUT2D eigenvalue weighted by Crippen LogP contribution is -2.03. The van der Waals surface area contributed by atoms with Crippen molar-refractivity contribution < 1.29 is 19.0 Å². The van der Waals surface area contributed by atoms with Gasteiger partial charge in [0.2, 0.25) is 0 Å². The van der Waals surface area contributed by atoms with Crippen LogP contribution in [0.2, 0.25) is 0 Å². The van der Waals surface area contributed by atoms with Crippen molar-refractivity contribution in [1.82, 2.24) is 0 Å². The zero-order chi connectivity index (χ0) is 27.5. The number of methoxy groups -OCH3 is 1. The van der Waals surface area contributed by atoms with E-state index in [1.54, 1.807) is 6.08 Å². The topological polar surface area (TPSA) is 44.8 Å². The van der Waals surface area contributed by atoms with E-state index in [1.165, 1.54) is 129 Å². The van der Waals surface area contributed by atoms with Crippen LogP contribution in [0, 0.1) is 0 Å². The molecule has 1 rings (SSSR count). The van der Waals surface area contributed by atoms with Crippen molar-refractivity contribution in [2.75, 3.05) is 20.3 Å². The molecule has 0 aliphatic heterocycles. The second-order valence-corrected chi connectivity index (χ2v) is 10.6. The molecule has 0 fully saturated rings. The fraction of sp³-hybridized carbons (Fsp3) is 0.735. The molecular weight excluding hydrogens is 472 g/mol. The SMILES string of the molecule is CCCCCCCCCCCCOc1cccc(OCCCCCCCCCCCC)c1C=CC(=O)OC. The minimum Gasteiger partial charge on any atom is -0.493 e. The first kappa shape index (κ1) is 34.1. The first-order valence-corrected chi connectivity index (χ1v) is 15.9. The van der Waals surface area contributed by atoms with Crippen molar-refractivity contribution in [3.63, 3.8) is 0 Å². The molecule has 0 aromatic heterocycles. The fourth-order valence-corrected chi connectivity index (χ4v) is 4.70. The predicted molar refractivity (Wildman–Crippen MR) is 162 cm³/mol. The summed E-state index contributed by atoms with van der Waals surface area (Å²) in [6, 6.07) is 5.89. The van der Waals surface area contributed by atoms with E-state index in [0.717, 1.165) is 29.9 Å². The van der Waals surface area contributed by atoms with Gasteiger partial charge < -0.3 is 14.2 Å². The van der Waals surface area contributed by atoms with Crippen molar-refractivity contribution in [3.8, 4) is 11.5 Å². The van der Waals surface area contributed by atoms with Gasteiger partial charge in [0.15, 0.2) is 0 Å². The van der Waals surface area contributed by atoms with E-state index in [4.69, 9.17) is 14.2 Å². The van der Waals surface area contributed by atoms with Crippen LogP contribution >= 0.6 is 0 Å². The molecule has 0 aliphatic rings. The normalized spacial score (nSPS) is 11.2. The van der Waals surface area contributed by atoms with E-state index in [1.807, 2.05) is 18.2 Å². The molecule has 0 aliphatic carbocycles. The highest BCUT2D eigenvalue weighted by Crippen LogP contribution is 2.31. The lowest BCUT2D eigenvalue weighted by molar-refractivity contribution is -0.134. The van der Waals surface area contributed by atoms with Crippen LogP contribution in [0.1, 0.15) is 148 Å². The Labute approximate surface area is 234 Å². The zero-order valence-electron chi connectivity index (χ0n) is 25.1. The number of hydrogen-bond acceptors (Lipinski definition) is 4. The van der Waals surface area contributed by atoms with Gasteiger partial charge in [-0.25, -0.2) is 4.79 Å². The first-order valence-electron chi connectivity index (χ1n) is 15.9. The molecule has 0 atom stereocenters. The number of rotatable bonds is 26. The lowest BCUT2D eigenvalue weighted by Gasteiger charge is -2.14. The lowest BCUT2D eigenvalue weighted by atomic mass is 10.1. The van der Waals surface area contributed by atoms with Crippen LogP contribution in [0.25, 0.3) is 6.08 Å². The summed E-state index contributed by atoms with van der Waals surface area (Å²) in [6.45, 7) is 5.89. The highest BCUT2D eigenvalue weighted by atomic mass is 16.5. The van der Waals surface area contributed by atoms with E-state index < -0.39 is 0 Å². The summed E-state index contributed by atoms with van der Waals surface area (Å²) in [5, 5.41) is 0. The fourth-order valence-electron chi connectivity index (χ4n) is 4.70. The maximum Gasteiger partial charge on any atom is 0.330 e. The van der Waals surface area contributed by atoms with Crippen molar-refractivity contribution in [2.45, 2.75) is 142 Å². The van der Waals surface area contributed by atoms with E-state index in [2.05, 4.69) is 13.8 Å². The molecule has 4 heteroatoms. The van der Waals surface area contributed by atoms with Gasteiger partial charge >= 0.3 is 5.97 Å². The Hall–Kier alpha value is -1.97. The molecule has 1 aromatic rings. The third-order valence-electron chi connectivity index (χ3n) is 7.12. The van der Waals surface area contributed by atoms with E-state index in [9.17, 15) is 4.79 Å². The monoisotopic (exact) mass is 530 g/mol. The molecule has 0 radical (unpaired) electrons. The standard InChI is InChI=1S/C34H58O4/c1-4-6-8-10-12-14-16-18-20-22-29-37-32-25-24-26-33(31(32)27-28-34(35)36-3)38-30-23-21-19-17-15-13-11-9-7-5-2/h24-28H,4-23,29-30H2,1-3H3. The Bertz CT molecular complexity index is 668. The van der Waals surface area contributed by atoms with Crippen LogP contribution in [0.3, 0.4) is 0 Å². The maximum absolute atomic E-state index is 11.7. The van der Waals surface area contributed by atoms with Gasteiger partial charge in [-0.3, -0.25) is 0 Å². The third-order valence-corrected chi connectivity index (χ3v) is 7.12. The Kier molecular flexibility index (Phi) is 22.7. The molecule has 0 unspecified atom stereocenters. The Morgan fingerprint density at radius 2 is 0.974 bits per heavy atom. The van der Waals surface area contributed by atoms with Gasteiger partial charge in [0.05, 0.1) is 25.9 Å². The minimum atomic E-state index is -0.379. The number of ether oxygens (including phenoxy) is 3. The molecule has 218 valence electrons. The van der Waals surface area contributed by atoms with Crippen molar-refractivity contribution in [1.29, 1.82) is 0 Å². The summed E-state index contributed by atoms with van der Waals surface area (Å²) in [7, 11) is 1.39. The molecule has 0 saturated carbocycles. The summed E-state index contributed by atoms with van der Waals surface area (Å²) in [6.07, 6.45) is 29.2. The van der Waals surface area contributed by atoms with Crippen LogP contribution in [-0.4, -0.2) is 26.3 Å². The summed E-state index contributed by atoms with van der Waals surface area (Å²) < 4.78 is 17.1. The van der Waals surface area contributed by atoms with Crippen LogP contribution in [0.15, 0.2) is 24.3 Å². The highest BCUT2D eigenvalue weighted by Gasteiger charge is 2.10. The Balaban J connectivity index is 2.38. The molecular formula is C34H58O4. The number of unbranched alkanes of at least 4 members (excludes halogenated alkanes) is 18. The van der Waals surface area contributed by atoms with Crippen molar-refractivity contribution in [2.24, 2.45) is 0 Å². The molecule has 4 nitrogen and oxygen atoms in total. The molecule has 0 spiro atoms. The Morgan fingerprint density at radius 1 is 0.605 bits per heavy atom. The summed E-state index contributed by atoms with van der Waals surface area (Å²) in [5.74, 6) is 1.15. The van der Waals surface area contributed by atoms with E-state index in [0.29, 0.717) is 13.2 Å². The largest absolute Gasteiger partial charge is 0.493 e. The van der Waals surface area contributed by atoms with E-state index in [-0.39, 0.29) is 5.97 Å². The highest BCUT2D eigenvalue weighted by molar-refractivity contribution is 5.88. The summed E-state index contributed by atoms with van der Waals surface area (Å²) in [5.41, 5.74) is 0.817. The smallest absolute Gasteiger partial charge is 0.330 e. The van der Waals surface area contributed by atoms with Crippen molar-refractivity contribution >= 4 is 12.0 Å². The molecule has 1 aromatic carbocycles. The molecule has 0 amide bonds. The average molecular weight is 531 g/mol. The summed E-state index contributed by atoms with van der Waals surface area (Å²) in [4.78, 5) is 11.7. The number of carbonyl (C=O) groups excluding carboxylic acids is 1. The molecule has 38 heavy (non-hydrogen) atoms. The Morgan fingerprint density at radius 3 is 1.34 bits per heavy atom. The second kappa shape index (κ2) is 25.3. The van der Waals surface area contributed by atoms with Gasteiger partial charge in [-0.1, -0.05) is 135 Å². The van der Waals surface area contributed by atoms with Crippen LogP contribution in [-0.2, 0) is 9.53 Å². The van der Waals surface area contributed by atoms with Gasteiger partial charge in [-0.05, 0) is 31.1 Å². The second-order valence-electron chi connectivity index (χ2n) is 10.6. The maximum atomic E-state index is 11.7.